The maximum Gasteiger partial charge on any atom is 0.508 e. The van der Waals surface area contributed by atoms with Gasteiger partial charge in [0.2, 0.25) is 0 Å². The maximum atomic E-state index is 12.9. The fraction of sp³-hybridized carbons (Fsp3) is 0.889. The van der Waals surface area contributed by atoms with Crippen molar-refractivity contribution in [3.63, 3.8) is 0 Å². The van der Waals surface area contributed by atoms with Crippen LogP contribution in [0.3, 0.4) is 0 Å². The zero-order valence-electron chi connectivity index (χ0n) is 10.1. The Morgan fingerprint density at radius 2 is 1.50 bits per heavy atom. The summed E-state index contributed by atoms with van der Waals surface area (Å²) in [5, 5.41) is 0. The molecule has 0 rings (SSSR count). The van der Waals surface area contributed by atoms with Gasteiger partial charge in [0, 0.05) is 0 Å². The number of halogens is 8. The van der Waals surface area contributed by atoms with Crippen molar-refractivity contribution < 1.29 is 49.4 Å². The summed E-state index contributed by atoms with van der Waals surface area (Å²) in [6, 6.07) is 0. The van der Waals surface area contributed by atoms with Gasteiger partial charge in [0.1, 0.15) is 0 Å². The van der Waals surface area contributed by atoms with Gasteiger partial charge in [-0.05, 0) is 13.8 Å². The lowest BCUT2D eigenvalue weighted by Crippen LogP contribution is -2.59. The van der Waals surface area contributed by atoms with Crippen LogP contribution in [-0.2, 0) is 9.47 Å². The second-order valence-corrected chi connectivity index (χ2v) is 3.91. The first-order valence-electron chi connectivity index (χ1n) is 5.00. The third kappa shape index (κ3) is 3.85. The summed E-state index contributed by atoms with van der Waals surface area (Å²) in [7, 11) is 0. The van der Waals surface area contributed by atoms with Crippen molar-refractivity contribution in [1.29, 1.82) is 0 Å². The molecule has 0 aliphatic rings. The van der Waals surface area contributed by atoms with Gasteiger partial charge in [0.25, 0.3) is 0 Å². The molecule has 0 heterocycles. The largest absolute Gasteiger partial charge is 0.508 e. The van der Waals surface area contributed by atoms with Crippen LogP contribution >= 0.6 is 0 Å². The highest BCUT2D eigenvalue weighted by Crippen LogP contribution is 2.48. The van der Waals surface area contributed by atoms with Crippen molar-refractivity contribution in [3.8, 4) is 0 Å². The number of hydrogen-bond acceptors (Lipinski definition) is 3. The van der Waals surface area contributed by atoms with Gasteiger partial charge in [-0.3, -0.25) is 0 Å². The number of hydrogen-bond donors (Lipinski definition) is 0. The molecule has 0 atom stereocenters. The Morgan fingerprint density at radius 3 is 1.85 bits per heavy atom. The molecule has 3 nitrogen and oxygen atoms in total. The monoisotopic (exact) mass is 318 g/mol. The minimum Gasteiger partial charge on any atom is -0.432 e. The lowest BCUT2D eigenvalue weighted by Gasteiger charge is -2.31. The predicted octanol–water partition coefficient (Wildman–Crippen LogP) is 3.72. The van der Waals surface area contributed by atoms with E-state index in [0.29, 0.717) is 0 Å². The first kappa shape index (κ1) is 18.7. The van der Waals surface area contributed by atoms with Gasteiger partial charge in [0.15, 0.2) is 6.61 Å². The molecular weight excluding hydrogens is 308 g/mol. The topological polar surface area (TPSA) is 35.5 Å². The van der Waals surface area contributed by atoms with Crippen molar-refractivity contribution in [2.75, 3.05) is 6.61 Å². The Labute approximate surface area is 107 Å². The third-order valence-corrected chi connectivity index (χ3v) is 1.86. The van der Waals surface area contributed by atoms with Crippen LogP contribution in [0, 0.1) is 0 Å². The van der Waals surface area contributed by atoms with Crippen LogP contribution in [0.15, 0.2) is 0 Å². The SMILES string of the molecule is CC(C)OC(=O)OCC(F)(F)C(F)(F)C(F)(F)C(F)F. The molecule has 0 aliphatic carbocycles. The summed E-state index contributed by atoms with van der Waals surface area (Å²) in [6.07, 6.45) is -7.69. The molecule has 0 aromatic carbocycles. The van der Waals surface area contributed by atoms with Gasteiger partial charge in [-0.25, -0.2) is 13.6 Å². The average molecular weight is 318 g/mol. The first-order chi connectivity index (χ1) is 8.75. The van der Waals surface area contributed by atoms with E-state index in [9.17, 15) is 39.9 Å². The molecule has 0 bridgehead atoms. The summed E-state index contributed by atoms with van der Waals surface area (Å²) in [6.45, 7) is -0.00816. The van der Waals surface area contributed by atoms with E-state index < -0.39 is 43.1 Å². The van der Waals surface area contributed by atoms with E-state index in [-0.39, 0.29) is 0 Å². The molecule has 0 spiro atoms. The van der Waals surface area contributed by atoms with Gasteiger partial charge >= 0.3 is 30.3 Å². The van der Waals surface area contributed by atoms with Crippen molar-refractivity contribution in [3.05, 3.63) is 0 Å². The van der Waals surface area contributed by atoms with E-state index in [0.717, 1.165) is 0 Å². The molecule has 0 amide bonds. The molecule has 0 unspecified atom stereocenters. The Balaban J connectivity index is 4.91. The molecule has 0 saturated heterocycles. The molecule has 11 heteroatoms. The van der Waals surface area contributed by atoms with E-state index >= 15 is 0 Å². The van der Waals surface area contributed by atoms with Crippen molar-refractivity contribution in [2.45, 2.75) is 44.1 Å². The van der Waals surface area contributed by atoms with Gasteiger partial charge in [-0.1, -0.05) is 0 Å². The van der Waals surface area contributed by atoms with E-state index in [1.54, 1.807) is 0 Å². The fourth-order valence-corrected chi connectivity index (χ4v) is 0.848. The Bertz CT molecular complexity index is 342. The standard InChI is InChI=1S/C9H10F8O3/c1-4(2)20-6(18)19-3-7(12,13)9(16,17)8(14,15)5(10)11/h4-5H,3H2,1-2H3. The molecule has 0 radical (unpaired) electrons. The second-order valence-electron chi connectivity index (χ2n) is 3.91. The highest BCUT2D eigenvalue weighted by Gasteiger charge is 2.75. The minimum absolute atomic E-state index is 0.848. The van der Waals surface area contributed by atoms with E-state index in [1.165, 1.54) is 13.8 Å². The molecule has 0 aromatic rings. The summed E-state index contributed by atoms with van der Waals surface area (Å²) >= 11 is 0. The lowest BCUT2D eigenvalue weighted by atomic mass is 10.1. The highest BCUT2D eigenvalue weighted by molar-refractivity contribution is 5.60. The molecule has 0 fully saturated rings. The minimum atomic E-state index is -6.41. The van der Waals surface area contributed by atoms with Gasteiger partial charge in [-0.15, -0.1) is 0 Å². The molecular formula is C9H10F8O3. The zero-order valence-corrected chi connectivity index (χ0v) is 10.1. The number of rotatable bonds is 6. The summed E-state index contributed by atoms with van der Waals surface area (Å²) in [5.74, 6) is -18.4. The lowest BCUT2D eigenvalue weighted by molar-refractivity contribution is -0.344. The van der Waals surface area contributed by atoms with Gasteiger partial charge < -0.3 is 9.47 Å². The average Bonchev–Trinajstić information content (AvgIpc) is 2.24. The van der Waals surface area contributed by atoms with Crippen LogP contribution < -0.4 is 0 Å². The number of carbonyl (C=O) groups excluding carboxylic acids is 1. The molecule has 0 aliphatic heterocycles. The molecule has 0 saturated carbocycles. The van der Waals surface area contributed by atoms with Crippen LogP contribution in [0.1, 0.15) is 13.8 Å². The van der Waals surface area contributed by atoms with E-state index in [1.807, 2.05) is 0 Å². The smallest absolute Gasteiger partial charge is 0.432 e. The van der Waals surface area contributed by atoms with E-state index in [4.69, 9.17) is 0 Å². The number of carbonyl (C=O) groups is 1. The molecule has 120 valence electrons. The van der Waals surface area contributed by atoms with Gasteiger partial charge in [0.05, 0.1) is 6.10 Å². The van der Waals surface area contributed by atoms with Crippen LogP contribution in [-0.4, -0.2) is 43.1 Å². The van der Waals surface area contributed by atoms with Crippen LogP contribution in [0.2, 0.25) is 0 Å². The predicted molar refractivity (Wildman–Crippen MR) is 48.4 cm³/mol. The first-order valence-corrected chi connectivity index (χ1v) is 5.00. The van der Waals surface area contributed by atoms with Gasteiger partial charge in [-0.2, -0.15) is 26.3 Å². The summed E-state index contributed by atoms with van der Waals surface area (Å²) < 4.78 is 107. The highest BCUT2D eigenvalue weighted by atomic mass is 19.4. The Kier molecular flexibility index (Phi) is 5.61. The summed E-state index contributed by atoms with van der Waals surface area (Å²) in [5.41, 5.74) is 0. The van der Waals surface area contributed by atoms with Crippen molar-refractivity contribution >= 4 is 6.16 Å². The van der Waals surface area contributed by atoms with E-state index in [2.05, 4.69) is 9.47 Å². The normalized spacial score (nSPS) is 13.8. The molecule has 0 N–H and O–H groups in total. The fourth-order valence-electron chi connectivity index (χ4n) is 0.848. The Hall–Kier alpha value is -1.29. The Morgan fingerprint density at radius 1 is 1.05 bits per heavy atom. The number of alkyl halides is 8. The second kappa shape index (κ2) is 6.00. The van der Waals surface area contributed by atoms with Crippen LogP contribution in [0.4, 0.5) is 39.9 Å². The molecule has 20 heavy (non-hydrogen) atoms. The summed E-state index contributed by atoms with van der Waals surface area (Å²) in [4.78, 5) is 10.7. The van der Waals surface area contributed by atoms with Crippen LogP contribution in [0.25, 0.3) is 0 Å². The maximum absolute atomic E-state index is 12.9. The number of ether oxygens (including phenoxy) is 2. The third-order valence-electron chi connectivity index (χ3n) is 1.86. The van der Waals surface area contributed by atoms with Crippen molar-refractivity contribution in [2.24, 2.45) is 0 Å². The quantitative estimate of drug-likeness (QED) is 0.553. The van der Waals surface area contributed by atoms with Crippen molar-refractivity contribution in [1.82, 2.24) is 0 Å². The zero-order chi connectivity index (χ0) is 16.4. The molecule has 0 aromatic heterocycles. The van der Waals surface area contributed by atoms with Crippen LogP contribution in [0.5, 0.6) is 0 Å².